The summed E-state index contributed by atoms with van der Waals surface area (Å²) in [6.07, 6.45) is 11.4. The van der Waals surface area contributed by atoms with E-state index in [2.05, 4.69) is 23.2 Å². The first-order valence-corrected chi connectivity index (χ1v) is 10.3. The number of hydrogen-bond acceptors (Lipinski definition) is 3. The highest BCUT2D eigenvalue weighted by molar-refractivity contribution is 5.75. The number of aliphatic hydroxyl groups is 2. The summed E-state index contributed by atoms with van der Waals surface area (Å²) < 4.78 is 0. The van der Waals surface area contributed by atoms with E-state index in [4.69, 9.17) is 0 Å². The van der Waals surface area contributed by atoms with E-state index in [0.717, 1.165) is 32.1 Å². The maximum absolute atomic E-state index is 11.3. The lowest BCUT2D eigenvalue weighted by molar-refractivity contribution is -0.120. The predicted molar refractivity (Wildman–Crippen MR) is 109 cm³/mol. The molecule has 150 valence electrons. The van der Waals surface area contributed by atoms with Crippen molar-refractivity contribution < 1.29 is 15.0 Å². The molecule has 0 saturated heterocycles. The first-order valence-electron chi connectivity index (χ1n) is 10.3. The van der Waals surface area contributed by atoms with Gasteiger partial charge in [0.05, 0.1) is 12.2 Å². The molecule has 6 atom stereocenters. The number of carbonyl (C=O) groups is 1. The molecular weight excluding hydrogens is 338 g/mol. The lowest BCUT2D eigenvalue weighted by Gasteiger charge is -2.19. The van der Waals surface area contributed by atoms with Crippen molar-refractivity contribution >= 4 is 5.91 Å². The molecule has 2 aliphatic carbocycles. The maximum Gasteiger partial charge on any atom is 0.219 e. The first kappa shape index (κ1) is 21.7. The Hall–Kier alpha value is -1.57. The van der Waals surface area contributed by atoms with Gasteiger partial charge in [0.15, 0.2) is 0 Å². The Labute approximate surface area is 164 Å². The largest absolute Gasteiger partial charge is 0.392 e. The molecule has 0 spiro atoms. The van der Waals surface area contributed by atoms with Gasteiger partial charge in [-0.15, -0.1) is 11.8 Å². The van der Waals surface area contributed by atoms with Gasteiger partial charge in [-0.25, -0.2) is 0 Å². The molecule has 2 fully saturated rings. The number of fused-ring (bicyclic) bond motifs is 1. The fourth-order valence-electron chi connectivity index (χ4n) is 4.45. The first-order chi connectivity index (χ1) is 13.0. The van der Waals surface area contributed by atoms with Gasteiger partial charge in [-0.2, -0.15) is 0 Å². The van der Waals surface area contributed by atoms with Crippen molar-refractivity contribution in [3.8, 4) is 11.8 Å². The summed E-state index contributed by atoms with van der Waals surface area (Å²) in [7, 11) is 1.67. The minimum atomic E-state index is -0.516. The Kier molecular flexibility index (Phi) is 8.60. The summed E-state index contributed by atoms with van der Waals surface area (Å²) in [6.45, 7) is 3.82. The Balaban J connectivity index is 1.87. The summed E-state index contributed by atoms with van der Waals surface area (Å²) in [5.74, 6) is 7.23. The number of unbranched alkanes of at least 4 members (excludes halogenated alkanes) is 1. The zero-order valence-electron chi connectivity index (χ0n) is 16.9. The summed E-state index contributed by atoms with van der Waals surface area (Å²) in [5, 5.41) is 23.4. The summed E-state index contributed by atoms with van der Waals surface area (Å²) in [4.78, 5) is 11.3. The molecule has 0 aromatic heterocycles. The van der Waals surface area contributed by atoms with Crippen molar-refractivity contribution in [1.82, 2.24) is 5.32 Å². The van der Waals surface area contributed by atoms with E-state index >= 15 is 0 Å². The van der Waals surface area contributed by atoms with Crippen molar-refractivity contribution in [1.29, 1.82) is 0 Å². The average Bonchev–Trinajstić information content (AvgIpc) is 3.17. The number of allylic oxidation sites excluding steroid dienone is 2. The molecule has 1 amide bonds. The van der Waals surface area contributed by atoms with Gasteiger partial charge in [0.25, 0.3) is 0 Å². The van der Waals surface area contributed by atoms with Gasteiger partial charge in [-0.1, -0.05) is 30.7 Å². The van der Waals surface area contributed by atoms with Crippen molar-refractivity contribution in [2.75, 3.05) is 7.05 Å². The van der Waals surface area contributed by atoms with E-state index in [0.29, 0.717) is 24.7 Å². The molecule has 0 unspecified atom stereocenters. The molecule has 2 aliphatic rings. The second-order valence-corrected chi connectivity index (χ2v) is 8.12. The maximum atomic E-state index is 11.3. The second-order valence-electron chi connectivity index (χ2n) is 8.12. The molecule has 0 bridgehead atoms. The number of carbonyl (C=O) groups excluding carboxylic acids is 1. The molecule has 0 aliphatic heterocycles. The lowest BCUT2D eigenvalue weighted by Crippen LogP contribution is -2.19. The standard InChI is InChI=1S/C23H35NO3/c1-4-5-8-16(2)21(25)12-11-19-20-14-17(13-18(20)15-22(19)26)9-6-7-10-23(27)24-3/h9,11-12,16,18-22,25-26H,6-8,10,13-15H2,1-3H3,(H,24,27)/t16-,18-,19+,20-,21+,22+/m0/s1. The fraction of sp³-hybridized carbons (Fsp3) is 0.696. The normalized spacial score (nSPS) is 30.8. The molecule has 0 aromatic carbocycles. The van der Waals surface area contributed by atoms with Gasteiger partial charge in [0.1, 0.15) is 0 Å². The number of nitrogens with one attached hydrogen (secondary N) is 1. The van der Waals surface area contributed by atoms with Crippen LogP contribution < -0.4 is 5.32 Å². The summed E-state index contributed by atoms with van der Waals surface area (Å²) >= 11 is 0. The van der Waals surface area contributed by atoms with Crippen LogP contribution in [-0.4, -0.2) is 35.4 Å². The van der Waals surface area contributed by atoms with Crippen LogP contribution in [0, 0.1) is 35.5 Å². The number of rotatable bonds is 8. The molecule has 3 N–H and O–H groups in total. The molecule has 0 radical (unpaired) electrons. The van der Waals surface area contributed by atoms with Crippen LogP contribution in [0.1, 0.15) is 58.8 Å². The van der Waals surface area contributed by atoms with Gasteiger partial charge < -0.3 is 15.5 Å². The predicted octanol–water partition coefficient (Wildman–Crippen LogP) is 3.20. The smallest absolute Gasteiger partial charge is 0.219 e. The van der Waals surface area contributed by atoms with E-state index in [-0.39, 0.29) is 23.8 Å². The third-order valence-corrected chi connectivity index (χ3v) is 6.14. The van der Waals surface area contributed by atoms with E-state index in [1.165, 1.54) is 5.57 Å². The zero-order valence-corrected chi connectivity index (χ0v) is 16.9. The molecule has 0 aromatic rings. The number of aliphatic hydroxyl groups excluding tert-OH is 2. The van der Waals surface area contributed by atoms with Crippen LogP contribution in [0.3, 0.4) is 0 Å². The molecule has 4 nitrogen and oxygen atoms in total. The van der Waals surface area contributed by atoms with Crippen LogP contribution in [0.2, 0.25) is 0 Å². The molecular formula is C23H35NO3. The summed E-state index contributed by atoms with van der Waals surface area (Å²) in [5.41, 5.74) is 1.47. The SMILES string of the molecule is CC#CC[C@H](C)[C@H](O)C=C[C@@H]1[C@H]2CC(=CCCCC(=O)NC)C[C@H]2C[C@H]1O. The van der Waals surface area contributed by atoms with Crippen LogP contribution >= 0.6 is 0 Å². The van der Waals surface area contributed by atoms with E-state index < -0.39 is 6.10 Å². The van der Waals surface area contributed by atoms with E-state index in [1.807, 2.05) is 26.0 Å². The molecule has 27 heavy (non-hydrogen) atoms. The van der Waals surface area contributed by atoms with Gasteiger partial charge in [0.2, 0.25) is 5.91 Å². The highest BCUT2D eigenvalue weighted by Gasteiger charge is 2.44. The van der Waals surface area contributed by atoms with E-state index in [1.54, 1.807) is 7.05 Å². The van der Waals surface area contributed by atoms with Gasteiger partial charge in [0, 0.05) is 25.8 Å². The Morgan fingerprint density at radius 1 is 1.41 bits per heavy atom. The van der Waals surface area contributed by atoms with Crippen molar-refractivity contribution in [3.63, 3.8) is 0 Å². The molecule has 4 heteroatoms. The van der Waals surface area contributed by atoms with Gasteiger partial charge in [-0.3, -0.25) is 4.79 Å². The fourth-order valence-corrected chi connectivity index (χ4v) is 4.45. The monoisotopic (exact) mass is 373 g/mol. The molecule has 2 saturated carbocycles. The quantitative estimate of drug-likeness (QED) is 0.348. The Morgan fingerprint density at radius 3 is 2.89 bits per heavy atom. The molecule has 0 heterocycles. The highest BCUT2D eigenvalue weighted by atomic mass is 16.3. The van der Waals surface area contributed by atoms with Crippen LogP contribution in [0.25, 0.3) is 0 Å². The second kappa shape index (κ2) is 10.7. The van der Waals surface area contributed by atoms with Crippen LogP contribution in [0.4, 0.5) is 0 Å². The molecule has 2 rings (SSSR count). The Bertz CT molecular complexity index is 613. The number of amides is 1. The third-order valence-electron chi connectivity index (χ3n) is 6.14. The average molecular weight is 374 g/mol. The van der Waals surface area contributed by atoms with Crippen molar-refractivity contribution in [2.45, 2.75) is 71.0 Å². The topological polar surface area (TPSA) is 69.6 Å². The number of hydrogen-bond donors (Lipinski definition) is 3. The zero-order chi connectivity index (χ0) is 19.8. The van der Waals surface area contributed by atoms with Crippen molar-refractivity contribution in [3.05, 3.63) is 23.8 Å². The van der Waals surface area contributed by atoms with E-state index in [9.17, 15) is 15.0 Å². The van der Waals surface area contributed by atoms with Crippen molar-refractivity contribution in [2.24, 2.45) is 23.7 Å². The Morgan fingerprint density at radius 2 is 2.19 bits per heavy atom. The van der Waals surface area contributed by atoms with Crippen LogP contribution in [0.15, 0.2) is 23.8 Å². The van der Waals surface area contributed by atoms with Gasteiger partial charge in [-0.05, 0) is 56.8 Å². The van der Waals surface area contributed by atoms with Gasteiger partial charge >= 0.3 is 0 Å². The lowest BCUT2D eigenvalue weighted by atomic mass is 9.89. The minimum absolute atomic E-state index is 0.0994. The minimum Gasteiger partial charge on any atom is -0.392 e. The third kappa shape index (κ3) is 6.23. The van der Waals surface area contributed by atoms with Crippen LogP contribution in [-0.2, 0) is 4.79 Å². The van der Waals surface area contributed by atoms with Crippen LogP contribution in [0.5, 0.6) is 0 Å². The highest BCUT2D eigenvalue weighted by Crippen LogP contribution is 2.50. The summed E-state index contributed by atoms with van der Waals surface area (Å²) in [6, 6.07) is 0.